The molecule has 0 fully saturated rings. The van der Waals surface area contributed by atoms with Crippen molar-refractivity contribution in [2.45, 2.75) is 12.8 Å². The number of allylic oxidation sites excluding steroid dienone is 4. The average molecular weight is 407 g/mol. The van der Waals surface area contributed by atoms with Crippen LogP contribution < -0.4 is 0 Å². The number of benzene rings is 3. The van der Waals surface area contributed by atoms with Crippen LogP contribution in [-0.2, 0) is 0 Å². The summed E-state index contributed by atoms with van der Waals surface area (Å²) in [5.74, 6) is 0.593. The molecule has 4 heteroatoms. The highest BCUT2D eigenvalue weighted by atomic mass is 35.5. The quantitative estimate of drug-likeness (QED) is 0.272. The van der Waals surface area contributed by atoms with E-state index in [4.69, 9.17) is 21.0 Å². The molecule has 0 radical (unpaired) electrons. The molecule has 3 nitrogen and oxygen atoms in total. The Labute approximate surface area is 177 Å². The summed E-state index contributed by atoms with van der Waals surface area (Å²) in [6, 6.07) is 18.6. The molecule has 2 heterocycles. The molecule has 3 aromatic carbocycles. The summed E-state index contributed by atoms with van der Waals surface area (Å²) in [5, 5.41) is 4.57. The number of para-hydroxylation sites is 1. The van der Waals surface area contributed by atoms with E-state index in [9.17, 15) is 0 Å². The highest BCUT2D eigenvalue weighted by Crippen LogP contribution is 2.48. The Morgan fingerprint density at radius 3 is 2.63 bits per heavy atom. The molecule has 2 aliphatic rings. The number of hydrogen-bond donors (Lipinski definition) is 0. The minimum absolute atomic E-state index is 0.420. The van der Waals surface area contributed by atoms with Gasteiger partial charge in [0.1, 0.15) is 10.7 Å². The second-order valence-corrected chi connectivity index (χ2v) is 8.20. The van der Waals surface area contributed by atoms with Crippen LogP contribution in [-0.4, -0.2) is 9.97 Å². The Bertz CT molecular complexity index is 1610. The van der Waals surface area contributed by atoms with Crippen LogP contribution in [0.25, 0.3) is 55.4 Å². The molecule has 0 saturated carbocycles. The zero-order valence-corrected chi connectivity index (χ0v) is 16.7. The van der Waals surface area contributed by atoms with Crippen LogP contribution in [0, 0.1) is 0 Å². The first kappa shape index (κ1) is 16.4. The summed E-state index contributed by atoms with van der Waals surface area (Å²) in [6.07, 6.45) is 6.71. The van der Waals surface area contributed by atoms with Gasteiger partial charge in [0, 0.05) is 10.9 Å². The van der Waals surface area contributed by atoms with Crippen molar-refractivity contribution in [1.29, 1.82) is 0 Å². The SMILES string of the molecule is Clc1nc(-c2ccc3c4c(cccc24)C2=C3CCC=C2)nc2oc3ccccc3c12. The minimum Gasteiger partial charge on any atom is -0.438 e. The van der Waals surface area contributed by atoms with Gasteiger partial charge >= 0.3 is 0 Å². The smallest absolute Gasteiger partial charge is 0.232 e. The van der Waals surface area contributed by atoms with E-state index in [2.05, 4.69) is 47.5 Å². The Morgan fingerprint density at radius 2 is 1.67 bits per heavy atom. The van der Waals surface area contributed by atoms with Crippen LogP contribution in [0.5, 0.6) is 0 Å². The van der Waals surface area contributed by atoms with E-state index in [0.717, 1.165) is 40.1 Å². The number of rotatable bonds is 1. The third-order valence-corrected chi connectivity index (χ3v) is 6.54. The topological polar surface area (TPSA) is 38.9 Å². The Hall–Kier alpha value is -3.43. The first-order valence-corrected chi connectivity index (χ1v) is 10.5. The van der Waals surface area contributed by atoms with Gasteiger partial charge in [-0.15, -0.1) is 0 Å². The number of fused-ring (bicyclic) bond motifs is 5. The predicted molar refractivity (Wildman–Crippen MR) is 122 cm³/mol. The third kappa shape index (κ3) is 2.05. The van der Waals surface area contributed by atoms with E-state index in [-0.39, 0.29) is 0 Å². The molecule has 5 aromatic rings. The maximum absolute atomic E-state index is 6.63. The molecule has 2 aliphatic carbocycles. The average Bonchev–Trinajstić information content (AvgIpc) is 3.32. The minimum atomic E-state index is 0.420. The fourth-order valence-electron chi connectivity index (χ4n) is 4.98. The van der Waals surface area contributed by atoms with Gasteiger partial charge < -0.3 is 4.42 Å². The summed E-state index contributed by atoms with van der Waals surface area (Å²) >= 11 is 6.63. The summed E-state index contributed by atoms with van der Waals surface area (Å²) < 4.78 is 5.99. The van der Waals surface area contributed by atoms with Gasteiger partial charge in [0.05, 0.1) is 5.39 Å². The first-order chi connectivity index (χ1) is 14.8. The van der Waals surface area contributed by atoms with Crippen LogP contribution in [0.15, 0.2) is 71.2 Å². The van der Waals surface area contributed by atoms with Crippen molar-refractivity contribution in [3.8, 4) is 11.4 Å². The van der Waals surface area contributed by atoms with Crippen molar-refractivity contribution >= 4 is 55.6 Å². The van der Waals surface area contributed by atoms with Crippen LogP contribution in [0.4, 0.5) is 0 Å². The van der Waals surface area contributed by atoms with E-state index in [1.165, 1.54) is 27.7 Å². The van der Waals surface area contributed by atoms with Crippen molar-refractivity contribution in [1.82, 2.24) is 9.97 Å². The molecule has 0 aliphatic heterocycles. The van der Waals surface area contributed by atoms with Crippen LogP contribution in [0.1, 0.15) is 24.0 Å². The monoisotopic (exact) mass is 406 g/mol. The standard InChI is InChI=1S/C26H15ClN2O/c27-24-23-20-8-3-4-11-21(20)30-26(23)29-25(28-24)19-13-12-18-15-7-2-1-6-14(15)16-9-5-10-17(19)22(16)18/h1,3-6,8-13H,2,7H2. The van der Waals surface area contributed by atoms with Crippen molar-refractivity contribution < 1.29 is 4.42 Å². The van der Waals surface area contributed by atoms with Gasteiger partial charge in [-0.1, -0.05) is 66.2 Å². The predicted octanol–water partition coefficient (Wildman–Crippen LogP) is 7.42. The molecule has 7 rings (SSSR count). The molecule has 0 unspecified atom stereocenters. The maximum Gasteiger partial charge on any atom is 0.232 e. The second-order valence-electron chi connectivity index (χ2n) is 7.84. The van der Waals surface area contributed by atoms with Gasteiger partial charge in [-0.3, -0.25) is 0 Å². The van der Waals surface area contributed by atoms with E-state index >= 15 is 0 Å². The normalized spacial score (nSPS) is 15.0. The van der Waals surface area contributed by atoms with Crippen molar-refractivity contribution in [2.24, 2.45) is 0 Å². The van der Waals surface area contributed by atoms with Crippen molar-refractivity contribution in [3.63, 3.8) is 0 Å². The summed E-state index contributed by atoms with van der Waals surface area (Å²) in [7, 11) is 0. The van der Waals surface area contributed by atoms with Gasteiger partial charge in [0.15, 0.2) is 5.82 Å². The van der Waals surface area contributed by atoms with Crippen molar-refractivity contribution in [2.75, 3.05) is 0 Å². The highest BCUT2D eigenvalue weighted by molar-refractivity contribution is 6.36. The molecule has 0 saturated heterocycles. The van der Waals surface area contributed by atoms with Gasteiger partial charge in [0.25, 0.3) is 0 Å². The zero-order valence-electron chi connectivity index (χ0n) is 15.9. The molecule has 30 heavy (non-hydrogen) atoms. The molecule has 0 amide bonds. The van der Waals surface area contributed by atoms with Gasteiger partial charge in [0.2, 0.25) is 5.71 Å². The van der Waals surface area contributed by atoms with E-state index in [0.29, 0.717) is 16.7 Å². The van der Waals surface area contributed by atoms with E-state index < -0.39 is 0 Å². The largest absolute Gasteiger partial charge is 0.438 e. The van der Waals surface area contributed by atoms with Crippen LogP contribution in [0.3, 0.4) is 0 Å². The van der Waals surface area contributed by atoms with Gasteiger partial charge in [-0.2, -0.15) is 4.98 Å². The summed E-state index contributed by atoms with van der Waals surface area (Å²) in [4.78, 5) is 9.46. The van der Waals surface area contributed by atoms with Gasteiger partial charge in [-0.05, 0) is 58.0 Å². The number of nitrogens with zero attached hydrogens (tertiary/aromatic N) is 2. The lowest BCUT2D eigenvalue weighted by Gasteiger charge is -2.10. The molecule has 142 valence electrons. The van der Waals surface area contributed by atoms with E-state index in [1.54, 1.807) is 0 Å². The lowest BCUT2D eigenvalue weighted by molar-refractivity contribution is 0.653. The lowest BCUT2D eigenvalue weighted by atomic mass is 9.95. The molecule has 0 N–H and O–H groups in total. The number of aromatic nitrogens is 2. The van der Waals surface area contributed by atoms with Crippen LogP contribution in [0.2, 0.25) is 5.15 Å². The van der Waals surface area contributed by atoms with Crippen molar-refractivity contribution in [3.05, 3.63) is 83.0 Å². The maximum atomic E-state index is 6.63. The van der Waals surface area contributed by atoms with E-state index in [1.807, 2.05) is 24.3 Å². The number of furan rings is 1. The van der Waals surface area contributed by atoms with Gasteiger partial charge in [-0.25, -0.2) is 4.98 Å². The second kappa shape index (κ2) is 5.80. The van der Waals surface area contributed by atoms with Crippen LogP contribution >= 0.6 is 11.6 Å². The zero-order chi connectivity index (χ0) is 19.8. The third-order valence-electron chi connectivity index (χ3n) is 6.26. The number of hydrogen-bond acceptors (Lipinski definition) is 3. The summed E-state index contributed by atoms with van der Waals surface area (Å²) in [5.41, 5.74) is 7.70. The highest BCUT2D eigenvalue weighted by Gasteiger charge is 2.26. The Morgan fingerprint density at radius 1 is 0.800 bits per heavy atom. The molecule has 0 atom stereocenters. The Kier molecular flexibility index (Phi) is 3.17. The Balaban J connectivity index is 1.52. The lowest BCUT2D eigenvalue weighted by Crippen LogP contribution is -1.93. The molecular formula is C26H15ClN2O. The molecule has 0 spiro atoms. The molecule has 0 bridgehead atoms. The molecular weight excluding hydrogens is 392 g/mol. The first-order valence-electron chi connectivity index (χ1n) is 10.1. The number of halogens is 1. The molecule has 2 aromatic heterocycles. The summed E-state index contributed by atoms with van der Waals surface area (Å²) in [6.45, 7) is 0. The fourth-order valence-corrected chi connectivity index (χ4v) is 5.24. The fraction of sp³-hybridized carbons (Fsp3) is 0.0769.